The Morgan fingerprint density at radius 3 is 2.28 bits per heavy atom. The summed E-state index contributed by atoms with van der Waals surface area (Å²) in [5.74, 6) is 0.805. The van der Waals surface area contributed by atoms with E-state index in [1.165, 1.54) is 32.1 Å². The van der Waals surface area contributed by atoms with Crippen molar-refractivity contribution < 1.29 is 9.84 Å². The summed E-state index contributed by atoms with van der Waals surface area (Å²) in [6.45, 7) is 8.73. The molecule has 0 bridgehead atoms. The third-order valence-corrected chi connectivity index (χ3v) is 4.82. The first-order valence-corrected chi connectivity index (χ1v) is 7.91. The van der Waals surface area contributed by atoms with Gasteiger partial charge in [-0.3, -0.25) is 0 Å². The number of aliphatic hydroxyl groups excluding tert-OH is 1. The van der Waals surface area contributed by atoms with Crippen LogP contribution in [-0.2, 0) is 4.74 Å². The molecule has 0 saturated heterocycles. The number of hydrogen-bond donors (Lipinski definition) is 1. The lowest BCUT2D eigenvalue weighted by Gasteiger charge is -2.39. The highest BCUT2D eigenvalue weighted by molar-refractivity contribution is 4.91. The normalized spacial score (nSPS) is 23.8. The molecule has 0 aromatic carbocycles. The molecule has 0 radical (unpaired) electrons. The van der Waals surface area contributed by atoms with Crippen molar-refractivity contribution in [2.45, 2.75) is 91.0 Å². The Bertz CT molecular complexity index is 221. The quantitative estimate of drug-likeness (QED) is 0.648. The predicted octanol–water partition coefficient (Wildman–Crippen LogP) is 4.51. The zero-order chi connectivity index (χ0) is 13.6. The molecule has 1 fully saturated rings. The summed E-state index contributed by atoms with van der Waals surface area (Å²) >= 11 is 0. The Balaban J connectivity index is 2.62. The molecular formula is C16H32O2. The number of ether oxygens (including phenoxy) is 1. The Labute approximate surface area is 113 Å². The number of hydrogen-bond acceptors (Lipinski definition) is 2. The van der Waals surface area contributed by atoms with Gasteiger partial charge in [0.2, 0.25) is 0 Å². The summed E-state index contributed by atoms with van der Waals surface area (Å²) in [7, 11) is 0. The summed E-state index contributed by atoms with van der Waals surface area (Å²) in [4.78, 5) is 0. The van der Waals surface area contributed by atoms with Crippen LogP contribution < -0.4 is 0 Å². The topological polar surface area (TPSA) is 29.5 Å². The molecule has 0 spiro atoms. The van der Waals surface area contributed by atoms with E-state index in [9.17, 15) is 5.11 Å². The van der Waals surface area contributed by atoms with Crippen molar-refractivity contribution in [2.24, 2.45) is 11.8 Å². The van der Waals surface area contributed by atoms with Crippen LogP contribution in [0.2, 0.25) is 0 Å². The molecule has 1 rings (SSSR count). The van der Waals surface area contributed by atoms with Gasteiger partial charge in [0.05, 0.1) is 5.60 Å². The molecule has 2 heteroatoms. The molecular weight excluding hydrogens is 224 g/mol. The lowest BCUT2D eigenvalue weighted by molar-refractivity contribution is -0.222. The van der Waals surface area contributed by atoms with Crippen LogP contribution in [0.4, 0.5) is 0 Å². The summed E-state index contributed by atoms with van der Waals surface area (Å²) < 4.78 is 6.17. The fourth-order valence-corrected chi connectivity index (χ4v) is 3.03. The summed E-state index contributed by atoms with van der Waals surface area (Å²) in [5, 5.41) is 10.2. The van der Waals surface area contributed by atoms with E-state index in [1.807, 2.05) is 0 Å². The van der Waals surface area contributed by atoms with Crippen molar-refractivity contribution in [3.63, 3.8) is 0 Å². The Hall–Kier alpha value is -0.0800. The van der Waals surface area contributed by atoms with Crippen molar-refractivity contribution in [1.29, 1.82) is 0 Å². The molecule has 3 atom stereocenters. The van der Waals surface area contributed by atoms with Gasteiger partial charge in [0.15, 0.2) is 6.29 Å². The smallest absolute Gasteiger partial charge is 0.157 e. The van der Waals surface area contributed by atoms with Gasteiger partial charge >= 0.3 is 0 Å². The van der Waals surface area contributed by atoms with E-state index in [0.29, 0.717) is 5.92 Å². The van der Waals surface area contributed by atoms with Gasteiger partial charge in [-0.05, 0) is 31.6 Å². The van der Waals surface area contributed by atoms with Crippen LogP contribution >= 0.6 is 0 Å². The van der Waals surface area contributed by atoms with Gasteiger partial charge in [-0.1, -0.05) is 53.4 Å². The van der Waals surface area contributed by atoms with Crippen LogP contribution in [0.15, 0.2) is 0 Å². The zero-order valence-electron chi connectivity index (χ0n) is 12.7. The van der Waals surface area contributed by atoms with E-state index < -0.39 is 6.29 Å². The van der Waals surface area contributed by atoms with Gasteiger partial charge in [-0.25, -0.2) is 0 Å². The fourth-order valence-electron chi connectivity index (χ4n) is 3.03. The van der Waals surface area contributed by atoms with Gasteiger partial charge in [0.25, 0.3) is 0 Å². The van der Waals surface area contributed by atoms with Gasteiger partial charge in [0.1, 0.15) is 0 Å². The van der Waals surface area contributed by atoms with E-state index >= 15 is 0 Å². The first-order chi connectivity index (χ1) is 8.55. The van der Waals surface area contributed by atoms with E-state index in [4.69, 9.17) is 4.74 Å². The summed E-state index contributed by atoms with van der Waals surface area (Å²) in [6, 6.07) is 0. The summed E-state index contributed by atoms with van der Waals surface area (Å²) in [5.41, 5.74) is -0.0436. The molecule has 18 heavy (non-hydrogen) atoms. The minimum Gasteiger partial charge on any atom is -0.368 e. The van der Waals surface area contributed by atoms with Crippen LogP contribution in [0, 0.1) is 11.8 Å². The van der Waals surface area contributed by atoms with Crippen LogP contribution in [0.25, 0.3) is 0 Å². The number of aliphatic hydroxyl groups is 1. The maximum Gasteiger partial charge on any atom is 0.157 e. The van der Waals surface area contributed by atoms with Crippen molar-refractivity contribution in [1.82, 2.24) is 0 Å². The largest absolute Gasteiger partial charge is 0.368 e. The Kier molecular flexibility index (Phi) is 6.65. The average molecular weight is 256 g/mol. The second-order valence-corrected chi connectivity index (χ2v) is 6.21. The molecule has 1 aliphatic rings. The second-order valence-electron chi connectivity index (χ2n) is 6.21. The lowest BCUT2D eigenvalue weighted by atomic mass is 9.83. The maximum atomic E-state index is 10.2. The van der Waals surface area contributed by atoms with Crippen molar-refractivity contribution in [2.75, 3.05) is 0 Å². The molecule has 0 aromatic heterocycles. The molecule has 3 unspecified atom stereocenters. The third kappa shape index (κ3) is 3.96. The van der Waals surface area contributed by atoms with E-state index in [2.05, 4.69) is 27.7 Å². The van der Waals surface area contributed by atoms with E-state index in [-0.39, 0.29) is 11.5 Å². The van der Waals surface area contributed by atoms with Gasteiger partial charge in [0, 0.05) is 5.92 Å². The van der Waals surface area contributed by atoms with E-state index in [0.717, 1.165) is 19.3 Å². The molecule has 1 aliphatic carbocycles. The van der Waals surface area contributed by atoms with Crippen molar-refractivity contribution >= 4 is 0 Å². The van der Waals surface area contributed by atoms with Gasteiger partial charge in [-0.2, -0.15) is 0 Å². The molecule has 108 valence electrons. The maximum absolute atomic E-state index is 10.2. The highest BCUT2D eigenvalue weighted by Crippen LogP contribution is 2.42. The molecule has 1 N–H and O–H groups in total. The molecule has 0 aliphatic heterocycles. The monoisotopic (exact) mass is 256 g/mol. The second kappa shape index (κ2) is 7.49. The van der Waals surface area contributed by atoms with Crippen LogP contribution in [0.1, 0.15) is 79.1 Å². The highest BCUT2D eigenvalue weighted by atomic mass is 16.6. The summed E-state index contributed by atoms with van der Waals surface area (Å²) in [6.07, 6.45) is 8.89. The van der Waals surface area contributed by atoms with Gasteiger partial charge < -0.3 is 9.84 Å². The third-order valence-electron chi connectivity index (χ3n) is 4.82. The molecule has 1 saturated carbocycles. The molecule has 2 nitrogen and oxygen atoms in total. The average Bonchev–Trinajstić information content (AvgIpc) is 2.84. The van der Waals surface area contributed by atoms with Crippen LogP contribution in [0.5, 0.6) is 0 Å². The molecule has 0 aromatic rings. The first-order valence-electron chi connectivity index (χ1n) is 7.91. The SMILES string of the molecule is CCCCC(C)C1(OC(O)C(C)CC)CCCC1. The van der Waals surface area contributed by atoms with Crippen LogP contribution in [0.3, 0.4) is 0 Å². The molecule has 0 heterocycles. The van der Waals surface area contributed by atoms with Crippen molar-refractivity contribution in [3.05, 3.63) is 0 Å². The Morgan fingerprint density at radius 2 is 1.78 bits per heavy atom. The fraction of sp³-hybridized carbons (Fsp3) is 1.00. The minimum absolute atomic E-state index is 0.0436. The first kappa shape index (κ1) is 16.0. The van der Waals surface area contributed by atoms with Crippen molar-refractivity contribution in [3.8, 4) is 0 Å². The van der Waals surface area contributed by atoms with E-state index in [1.54, 1.807) is 0 Å². The molecule has 0 amide bonds. The number of rotatable bonds is 8. The zero-order valence-corrected chi connectivity index (χ0v) is 12.7. The Morgan fingerprint density at radius 1 is 1.17 bits per heavy atom. The lowest BCUT2D eigenvalue weighted by Crippen LogP contribution is -2.42. The highest BCUT2D eigenvalue weighted by Gasteiger charge is 2.41. The van der Waals surface area contributed by atoms with Crippen LogP contribution in [-0.4, -0.2) is 17.0 Å². The predicted molar refractivity (Wildman–Crippen MR) is 76.4 cm³/mol. The van der Waals surface area contributed by atoms with Gasteiger partial charge in [-0.15, -0.1) is 0 Å². The number of unbranched alkanes of at least 4 members (excludes halogenated alkanes) is 1. The standard InChI is InChI=1S/C16H32O2/c1-5-7-10-14(4)16(11-8-9-12-16)18-15(17)13(3)6-2/h13-15,17H,5-12H2,1-4H3. The minimum atomic E-state index is -0.586.